The summed E-state index contributed by atoms with van der Waals surface area (Å²) >= 11 is 0. The Bertz CT molecular complexity index is 1130. The van der Waals surface area contributed by atoms with Crippen molar-refractivity contribution in [3.63, 3.8) is 0 Å². The van der Waals surface area contributed by atoms with Crippen LogP contribution in [-0.4, -0.2) is 37.0 Å². The van der Waals surface area contributed by atoms with Crippen molar-refractivity contribution in [1.82, 2.24) is 4.90 Å². The second kappa shape index (κ2) is 9.51. The van der Waals surface area contributed by atoms with Crippen LogP contribution in [0.5, 0.6) is 11.5 Å². The molecule has 0 aromatic heterocycles. The summed E-state index contributed by atoms with van der Waals surface area (Å²) in [7, 11) is 1.56. The number of benzene rings is 3. The topological polar surface area (TPSA) is 67.9 Å². The smallest absolute Gasteiger partial charge is 0.262 e. The fourth-order valence-electron chi connectivity index (χ4n) is 3.62. The number of methoxy groups -OCH3 is 1. The summed E-state index contributed by atoms with van der Waals surface area (Å²) in [5.41, 5.74) is 3.04. The minimum absolute atomic E-state index is 0.123. The number of amides is 2. The molecular weight excluding hydrogens is 411 g/mol. The van der Waals surface area contributed by atoms with Crippen LogP contribution < -0.4 is 14.8 Å². The molecule has 0 atom stereocenters. The predicted octanol–water partition coefficient (Wildman–Crippen LogP) is 4.05. The van der Waals surface area contributed by atoms with Crippen molar-refractivity contribution in [3.05, 3.63) is 89.2 Å². The summed E-state index contributed by atoms with van der Waals surface area (Å²) in [4.78, 5) is 26.7. The molecule has 6 nitrogen and oxygen atoms in total. The van der Waals surface area contributed by atoms with Crippen molar-refractivity contribution in [2.75, 3.05) is 25.6 Å². The molecule has 4 rings (SSSR count). The molecule has 0 unspecified atom stereocenters. The summed E-state index contributed by atoms with van der Waals surface area (Å²) in [6.45, 7) is 0.799. The maximum Gasteiger partial charge on any atom is 0.262 e. The van der Waals surface area contributed by atoms with Gasteiger partial charge >= 0.3 is 0 Å². The molecule has 1 N–H and O–H groups in total. The van der Waals surface area contributed by atoms with Gasteiger partial charge in [0.25, 0.3) is 11.8 Å². The van der Waals surface area contributed by atoms with Crippen molar-refractivity contribution in [1.29, 1.82) is 0 Å². The van der Waals surface area contributed by atoms with Crippen molar-refractivity contribution >= 4 is 17.5 Å². The Morgan fingerprint density at radius 1 is 1.00 bits per heavy atom. The summed E-state index contributed by atoms with van der Waals surface area (Å²) in [6, 6.07) is 18.4. The second-order valence-corrected chi connectivity index (χ2v) is 7.48. The van der Waals surface area contributed by atoms with Crippen LogP contribution in [0, 0.1) is 5.82 Å². The van der Waals surface area contributed by atoms with E-state index in [0.717, 1.165) is 11.1 Å². The van der Waals surface area contributed by atoms with Crippen LogP contribution in [0.2, 0.25) is 0 Å². The minimum Gasteiger partial charge on any atom is -0.497 e. The Kier molecular flexibility index (Phi) is 6.35. The van der Waals surface area contributed by atoms with E-state index in [2.05, 4.69) is 5.32 Å². The van der Waals surface area contributed by atoms with Gasteiger partial charge in [-0.05, 0) is 66.1 Å². The lowest BCUT2D eigenvalue weighted by molar-refractivity contribution is -0.118. The molecule has 3 aromatic carbocycles. The SMILES string of the molecule is COc1cccc(NC(=O)COc2ccc(C(=O)N3CCc4ccc(F)cc4C3)cc2)c1. The van der Waals surface area contributed by atoms with Gasteiger partial charge in [-0.2, -0.15) is 0 Å². The van der Waals surface area contributed by atoms with Crippen LogP contribution in [0.1, 0.15) is 21.5 Å². The number of halogens is 1. The Hall–Kier alpha value is -3.87. The number of nitrogens with one attached hydrogen (secondary N) is 1. The van der Waals surface area contributed by atoms with Gasteiger partial charge in [-0.25, -0.2) is 4.39 Å². The Labute approximate surface area is 185 Å². The fourth-order valence-corrected chi connectivity index (χ4v) is 3.62. The summed E-state index contributed by atoms with van der Waals surface area (Å²) in [6.07, 6.45) is 0.699. The molecule has 0 saturated carbocycles. The van der Waals surface area contributed by atoms with E-state index in [0.29, 0.717) is 42.3 Å². The normalized spacial score (nSPS) is 12.6. The third-order valence-corrected chi connectivity index (χ3v) is 5.29. The summed E-state index contributed by atoms with van der Waals surface area (Å²) in [5.74, 6) is 0.398. The van der Waals surface area contributed by atoms with Crippen LogP contribution in [0.4, 0.5) is 10.1 Å². The number of anilines is 1. The molecule has 1 aliphatic rings. The van der Waals surface area contributed by atoms with Gasteiger partial charge in [-0.15, -0.1) is 0 Å². The first kappa shape index (κ1) is 21.4. The molecule has 32 heavy (non-hydrogen) atoms. The van der Waals surface area contributed by atoms with E-state index in [4.69, 9.17) is 9.47 Å². The number of ether oxygens (including phenoxy) is 2. The first-order valence-electron chi connectivity index (χ1n) is 10.2. The predicted molar refractivity (Wildman–Crippen MR) is 118 cm³/mol. The summed E-state index contributed by atoms with van der Waals surface area (Å²) < 4.78 is 24.2. The molecule has 0 spiro atoms. The largest absolute Gasteiger partial charge is 0.497 e. The molecule has 0 bridgehead atoms. The van der Waals surface area contributed by atoms with Crippen molar-refractivity contribution < 1.29 is 23.5 Å². The van der Waals surface area contributed by atoms with E-state index < -0.39 is 0 Å². The summed E-state index contributed by atoms with van der Waals surface area (Å²) in [5, 5.41) is 2.74. The molecule has 0 fully saturated rings. The van der Waals surface area contributed by atoms with E-state index in [1.165, 1.54) is 12.1 Å². The second-order valence-electron chi connectivity index (χ2n) is 7.48. The van der Waals surface area contributed by atoms with Crippen LogP contribution in [0.25, 0.3) is 0 Å². The molecular formula is C25H23FN2O4. The van der Waals surface area contributed by atoms with Crippen LogP contribution in [-0.2, 0) is 17.8 Å². The van der Waals surface area contributed by atoms with Gasteiger partial charge in [0.05, 0.1) is 7.11 Å². The molecule has 7 heteroatoms. The zero-order valence-electron chi connectivity index (χ0n) is 17.6. The molecule has 1 aliphatic heterocycles. The number of carbonyl (C=O) groups excluding carboxylic acids is 2. The van der Waals surface area contributed by atoms with Crippen LogP contribution >= 0.6 is 0 Å². The Morgan fingerprint density at radius 2 is 1.81 bits per heavy atom. The van der Waals surface area contributed by atoms with E-state index in [-0.39, 0.29) is 24.2 Å². The molecule has 0 saturated heterocycles. The van der Waals surface area contributed by atoms with Crippen LogP contribution in [0.15, 0.2) is 66.7 Å². The van der Waals surface area contributed by atoms with Gasteiger partial charge in [0.1, 0.15) is 17.3 Å². The first-order chi connectivity index (χ1) is 15.5. The van der Waals surface area contributed by atoms with Gasteiger partial charge in [0.15, 0.2) is 6.61 Å². The highest BCUT2D eigenvalue weighted by Crippen LogP contribution is 2.22. The van der Waals surface area contributed by atoms with E-state index in [9.17, 15) is 14.0 Å². The first-order valence-corrected chi connectivity index (χ1v) is 10.2. The van der Waals surface area contributed by atoms with Crippen molar-refractivity contribution in [2.45, 2.75) is 13.0 Å². The standard InChI is InChI=1S/C25H23FN2O4/c1-31-23-4-2-3-21(14-23)27-24(29)16-32-22-9-6-18(7-10-22)25(30)28-12-11-17-5-8-20(26)13-19(17)15-28/h2-10,13-14H,11-12,15-16H2,1H3,(H,27,29). The number of nitrogens with zero attached hydrogens (tertiary/aromatic N) is 1. The molecule has 0 radical (unpaired) electrons. The number of rotatable bonds is 6. The highest BCUT2D eigenvalue weighted by atomic mass is 19.1. The minimum atomic E-state index is -0.308. The van der Waals surface area contributed by atoms with Gasteiger partial charge in [0, 0.05) is 30.4 Å². The quantitative estimate of drug-likeness (QED) is 0.636. The number of carbonyl (C=O) groups is 2. The lowest BCUT2D eigenvalue weighted by Crippen LogP contribution is -2.36. The van der Waals surface area contributed by atoms with E-state index in [1.807, 2.05) is 0 Å². The van der Waals surface area contributed by atoms with Crippen LogP contribution in [0.3, 0.4) is 0 Å². The maximum absolute atomic E-state index is 13.5. The highest BCUT2D eigenvalue weighted by Gasteiger charge is 2.22. The zero-order chi connectivity index (χ0) is 22.5. The highest BCUT2D eigenvalue weighted by molar-refractivity contribution is 5.94. The van der Waals surface area contributed by atoms with Crippen molar-refractivity contribution in [3.8, 4) is 11.5 Å². The maximum atomic E-state index is 13.5. The average molecular weight is 434 g/mol. The average Bonchev–Trinajstić information content (AvgIpc) is 2.82. The lowest BCUT2D eigenvalue weighted by Gasteiger charge is -2.29. The van der Waals surface area contributed by atoms with E-state index in [1.54, 1.807) is 66.6 Å². The number of hydrogen-bond donors (Lipinski definition) is 1. The van der Waals surface area contributed by atoms with Gasteiger partial charge in [-0.1, -0.05) is 12.1 Å². The third kappa shape index (κ3) is 5.06. The van der Waals surface area contributed by atoms with Crippen molar-refractivity contribution in [2.24, 2.45) is 0 Å². The third-order valence-electron chi connectivity index (χ3n) is 5.29. The van der Waals surface area contributed by atoms with E-state index >= 15 is 0 Å². The monoisotopic (exact) mass is 434 g/mol. The molecule has 0 aliphatic carbocycles. The fraction of sp³-hybridized carbons (Fsp3) is 0.200. The zero-order valence-corrected chi connectivity index (χ0v) is 17.6. The number of hydrogen-bond acceptors (Lipinski definition) is 4. The Balaban J connectivity index is 1.32. The molecule has 2 amide bonds. The molecule has 3 aromatic rings. The van der Waals surface area contributed by atoms with Gasteiger partial charge in [0.2, 0.25) is 0 Å². The van der Waals surface area contributed by atoms with Gasteiger partial charge in [-0.3, -0.25) is 9.59 Å². The molecule has 164 valence electrons. The lowest BCUT2D eigenvalue weighted by atomic mass is 9.99. The van der Waals surface area contributed by atoms with Gasteiger partial charge < -0.3 is 19.7 Å². The molecule has 1 heterocycles. The Morgan fingerprint density at radius 3 is 2.59 bits per heavy atom. The number of fused-ring (bicyclic) bond motifs is 1.